The number of pyridine rings is 1. The molecule has 3 aromatic rings. The van der Waals surface area contributed by atoms with Crippen LogP contribution in [0.3, 0.4) is 0 Å². The molecule has 0 aliphatic carbocycles. The minimum Gasteiger partial charge on any atom is -0.457 e. The zero-order chi connectivity index (χ0) is 17.6. The molecule has 2 aromatic carbocycles. The number of hydrogen-bond donors (Lipinski definition) is 0. The Kier molecular flexibility index (Phi) is 5.08. The van der Waals surface area contributed by atoms with Gasteiger partial charge in [-0.2, -0.15) is 5.26 Å². The molecule has 0 N–H and O–H groups in total. The van der Waals surface area contributed by atoms with Gasteiger partial charge in [-0.15, -0.1) is 0 Å². The third kappa shape index (κ3) is 4.03. The van der Waals surface area contributed by atoms with Crippen molar-refractivity contribution in [3.63, 3.8) is 0 Å². The molecular weight excluding hydrogens is 336 g/mol. The zero-order valence-corrected chi connectivity index (χ0v) is 13.9. The molecule has 0 unspecified atom stereocenters. The molecule has 0 bridgehead atoms. The van der Waals surface area contributed by atoms with Gasteiger partial charge in [0.2, 0.25) is 0 Å². The normalized spacial score (nSPS) is 10.1. The fourth-order valence-electron chi connectivity index (χ4n) is 2.34. The van der Waals surface area contributed by atoms with Crippen LogP contribution in [0.25, 0.3) is 11.1 Å². The quantitative estimate of drug-likeness (QED) is 0.509. The first-order chi connectivity index (χ1) is 12.2. The van der Waals surface area contributed by atoms with E-state index in [9.17, 15) is 10.1 Å². The third-order valence-electron chi connectivity index (χ3n) is 3.65. The van der Waals surface area contributed by atoms with Gasteiger partial charge in [-0.3, -0.25) is 0 Å². The molecule has 3 rings (SSSR count). The maximum atomic E-state index is 12.0. The lowest BCUT2D eigenvalue weighted by Gasteiger charge is -2.07. The Morgan fingerprint density at radius 2 is 1.84 bits per heavy atom. The van der Waals surface area contributed by atoms with Crippen molar-refractivity contribution in [1.29, 1.82) is 5.26 Å². The summed E-state index contributed by atoms with van der Waals surface area (Å²) in [5.74, 6) is -0.455. The molecule has 0 atom stereocenters. The van der Waals surface area contributed by atoms with E-state index in [1.54, 1.807) is 18.2 Å². The van der Waals surface area contributed by atoms with Crippen molar-refractivity contribution in [3.05, 3.63) is 88.7 Å². The molecule has 4 nitrogen and oxygen atoms in total. The molecule has 122 valence electrons. The van der Waals surface area contributed by atoms with Crippen molar-refractivity contribution in [2.75, 3.05) is 0 Å². The number of esters is 1. The highest BCUT2D eigenvalue weighted by Gasteiger charge is 2.08. The third-order valence-corrected chi connectivity index (χ3v) is 3.87. The minimum absolute atomic E-state index is 0.154. The average molecular weight is 349 g/mol. The van der Waals surface area contributed by atoms with Crippen LogP contribution in [-0.2, 0) is 11.3 Å². The number of aromatic nitrogens is 1. The minimum atomic E-state index is -0.455. The topological polar surface area (TPSA) is 63.0 Å². The fourth-order valence-corrected chi connectivity index (χ4v) is 2.45. The van der Waals surface area contributed by atoms with Gasteiger partial charge in [-0.05, 0) is 34.9 Å². The molecule has 1 heterocycles. The van der Waals surface area contributed by atoms with Gasteiger partial charge >= 0.3 is 5.97 Å². The number of nitriles is 1. The summed E-state index contributed by atoms with van der Waals surface area (Å²) in [4.78, 5) is 15.8. The standard InChI is InChI=1S/C20H13ClN2O2/c21-19-10-9-17(12-23-19)20(24)25-13-14-5-7-15(8-6-14)18-4-2-1-3-16(18)11-22/h1-10,12H,13H2. The SMILES string of the molecule is N#Cc1ccccc1-c1ccc(COC(=O)c2ccc(Cl)nc2)cc1. The highest BCUT2D eigenvalue weighted by molar-refractivity contribution is 6.29. The summed E-state index contributed by atoms with van der Waals surface area (Å²) in [5, 5.41) is 9.51. The average Bonchev–Trinajstić information content (AvgIpc) is 2.67. The summed E-state index contributed by atoms with van der Waals surface area (Å²) in [6, 6.07) is 20.3. The van der Waals surface area contributed by atoms with Crippen LogP contribution in [0.15, 0.2) is 66.9 Å². The van der Waals surface area contributed by atoms with Crippen LogP contribution in [0.1, 0.15) is 21.5 Å². The van der Waals surface area contributed by atoms with Crippen LogP contribution in [-0.4, -0.2) is 11.0 Å². The summed E-state index contributed by atoms with van der Waals surface area (Å²) in [7, 11) is 0. The highest BCUT2D eigenvalue weighted by Crippen LogP contribution is 2.23. The molecule has 25 heavy (non-hydrogen) atoms. The van der Waals surface area contributed by atoms with Gasteiger partial charge in [0.1, 0.15) is 11.8 Å². The van der Waals surface area contributed by atoms with Crippen molar-refractivity contribution < 1.29 is 9.53 Å². The maximum absolute atomic E-state index is 12.0. The van der Waals surface area contributed by atoms with Gasteiger partial charge in [0.25, 0.3) is 0 Å². The predicted octanol–water partition coefficient (Wildman–Crippen LogP) is 4.63. The first kappa shape index (κ1) is 16.7. The van der Waals surface area contributed by atoms with E-state index < -0.39 is 5.97 Å². The number of halogens is 1. The summed E-state index contributed by atoms with van der Waals surface area (Å²) < 4.78 is 5.27. The van der Waals surface area contributed by atoms with E-state index in [0.29, 0.717) is 16.3 Å². The van der Waals surface area contributed by atoms with Gasteiger partial charge in [-0.25, -0.2) is 9.78 Å². The van der Waals surface area contributed by atoms with Crippen LogP contribution in [0.5, 0.6) is 0 Å². The van der Waals surface area contributed by atoms with E-state index in [1.165, 1.54) is 6.20 Å². The summed E-state index contributed by atoms with van der Waals surface area (Å²) in [6.07, 6.45) is 1.38. The number of carbonyl (C=O) groups is 1. The second-order valence-electron chi connectivity index (χ2n) is 5.30. The Hall–Kier alpha value is -3.16. The number of nitrogens with zero attached hydrogens (tertiary/aromatic N) is 2. The number of ether oxygens (including phenoxy) is 1. The lowest BCUT2D eigenvalue weighted by Crippen LogP contribution is -2.05. The van der Waals surface area contributed by atoms with Gasteiger partial charge in [0.05, 0.1) is 17.2 Å². The van der Waals surface area contributed by atoms with E-state index in [-0.39, 0.29) is 6.61 Å². The Morgan fingerprint density at radius 1 is 1.08 bits per heavy atom. The van der Waals surface area contributed by atoms with E-state index in [4.69, 9.17) is 16.3 Å². The van der Waals surface area contributed by atoms with Crippen LogP contribution in [0.4, 0.5) is 0 Å². The molecule has 0 aliphatic rings. The molecular formula is C20H13ClN2O2. The Bertz CT molecular complexity index is 929. The molecule has 0 spiro atoms. The number of hydrogen-bond acceptors (Lipinski definition) is 4. The smallest absolute Gasteiger partial charge is 0.340 e. The molecule has 0 saturated heterocycles. The van der Waals surface area contributed by atoms with E-state index >= 15 is 0 Å². The van der Waals surface area contributed by atoms with Crippen LogP contribution < -0.4 is 0 Å². The van der Waals surface area contributed by atoms with Crippen molar-refractivity contribution in [2.24, 2.45) is 0 Å². The Morgan fingerprint density at radius 3 is 2.52 bits per heavy atom. The summed E-state index contributed by atoms with van der Waals surface area (Å²) in [6.45, 7) is 0.154. The number of benzene rings is 2. The molecule has 0 amide bonds. The van der Waals surface area contributed by atoms with Gasteiger partial charge in [0, 0.05) is 6.20 Å². The van der Waals surface area contributed by atoms with E-state index in [1.807, 2.05) is 42.5 Å². The molecule has 0 fully saturated rings. The van der Waals surface area contributed by atoms with Crippen molar-refractivity contribution in [1.82, 2.24) is 4.98 Å². The van der Waals surface area contributed by atoms with Gasteiger partial charge < -0.3 is 4.74 Å². The fraction of sp³-hybridized carbons (Fsp3) is 0.0500. The second kappa shape index (κ2) is 7.61. The zero-order valence-electron chi connectivity index (χ0n) is 13.1. The predicted molar refractivity (Wildman–Crippen MR) is 95.0 cm³/mol. The van der Waals surface area contributed by atoms with Crippen molar-refractivity contribution in [3.8, 4) is 17.2 Å². The van der Waals surface area contributed by atoms with Crippen molar-refractivity contribution in [2.45, 2.75) is 6.61 Å². The molecule has 5 heteroatoms. The summed E-state index contributed by atoms with van der Waals surface area (Å²) >= 11 is 5.69. The van der Waals surface area contributed by atoms with Crippen LogP contribution >= 0.6 is 11.6 Å². The molecule has 0 aliphatic heterocycles. The molecule has 1 aromatic heterocycles. The number of rotatable bonds is 4. The van der Waals surface area contributed by atoms with Crippen LogP contribution in [0.2, 0.25) is 5.15 Å². The van der Waals surface area contributed by atoms with Gasteiger partial charge in [0.15, 0.2) is 0 Å². The Balaban J connectivity index is 1.68. The Labute approximate surface area is 150 Å². The van der Waals surface area contributed by atoms with Crippen LogP contribution in [0, 0.1) is 11.3 Å². The lowest BCUT2D eigenvalue weighted by atomic mass is 9.99. The molecule has 0 radical (unpaired) electrons. The van der Waals surface area contributed by atoms with E-state index in [2.05, 4.69) is 11.1 Å². The second-order valence-corrected chi connectivity index (χ2v) is 5.69. The monoisotopic (exact) mass is 348 g/mol. The number of carbonyl (C=O) groups excluding carboxylic acids is 1. The first-order valence-electron chi connectivity index (χ1n) is 7.54. The largest absolute Gasteiger partial charge is 0.457 e. The van der Waals surface area contributed by atoms with E-state index in [0.717, 1.165) is 16.7 Å². The van der Waals surface area contributed by atoms with Gasteiger partial charge in [-0.1, -0.05) is 54.1 Å². The molecule has 0 saturated carbocycles. The first-order valence-corrected chi connectivity index (χ1v) is 7.92. The van der Waals surface area contributed by atoms with Crippen molar-refractivity contribution >= 4 is 17.6 Å². The summed E-state index contributed by atoms with van der Waals surface area (Å²) in [5.41, 5.74) is 3.64. The maximum Gasteiger partial charge on any atom is 0.340 e. The lowest BCUT2D eigenvalue weighted by molar-refractivity contribution is 0.0472. The highest BCUT2D eigenvalue weighted by atomic mass is 35.5.